The van der Waals surface area contributed by atoms with Crippen molar-refractivity contribution in [1.82, 2.24) is 0 Å². The molecule has 0 fully saturated rings. The van der Waals surface area contributed by atoms with E-state index in [2.05, 4.69) is 43.3 Å². The van der Waals surface area contributed by atoms with Crippen LogP contribution in [0.5, 0.6) is 5.75 Å². The Kier molecular flexibility index (Phi) is 3.75. The molecule has 0 saturated heterocycles. The first-order valence-electron chi connectivity index (χ1n) is 7.35. The lowest BCUT2D eigenvalue weighted by Gasteiger charge is -2.30. The molecular weight excluding hydrogens is 246 g/mol. The van der Waals surface area contributed by atoms with Crippen molar-refractivity contribution in [3.05, 3.63) is 65.2 Å². The van der Waals surface area contributed by atoms with Crippen molar-refractivity contribution in [3.8, 4) is 5.75 Å². The highest BCUT2D eigenvalue weighted by Gasteiger charge is 2.27. The number of hydrogen-bond acceptors (Lipinski definition) is 2. The first-order chi connectivity index (χ1) is 9.79. The van der Waals surface area contributed by atoms with E-state index in [0.717, 1.165) is 25.2 Å². The predicted molar refractivity (Wildman–Crippen MR) is 82.0 cm³/mol. The molecule has 2 heteroatoms. The van der Waals surface area contributed by atoms with Crippen LogP contribution in [-0.2, 0) is 6.42 Å². The summed E-state index contributed by atoms with van der Waals surface area (Å²) in [6, 6.07) is 16.9. The number of aryl methyl sites for hydroxylation is 1. The standard InChI is InChI=1S/C18H21NO/c1-2-13-6-5-7-14(12-13)18(19)16-10-11-20-17-9-4-3-8-15(16)17/h3-9,12,16,18H,2,10-11,19H2,1H3. The summed E-state index contributed by atoms with van der Waals surface area (Å²) < 4.78 is 5.73. The maximum Gasteiger partial charge on any atom is 0.122 e. The topological polar surface area (TPSA) is 35.2 Å². The lowest BCUT2D eigenvalue weighted by atomic mass is 9.83. The highest BCUT2D eigenvalue weighted by molar-refractivity contribution is 5.40. The van der Waals surface area contributed by atoms with Gasteiger partial charge in [0.05, 0.1) is 6.61 Å². The van der Waals surface area contributed by atoms with Gasteiger partial charge in [0, 0.05) is 12.0 Å². The van der Waals surface area contributed by atoms with Crippen molar-refractivity contribution >= 4 is 0 Å². The third kappa shape index (κ3) is 2.44. The number of rotatable bonds is 3. The van der Waals surface area contributed by atoms with E-state index in [1.807, 2.05) is 12.1 Å². The molecule has 1 heterocycles. The molecule has 104 valence electrons. The van der Waals surface area contributed by atoms with Crippen molar-refractivity contribution in [1.29, 1.82) is 0 Å². The highest BCUT2D eigenvalue weighted by Crippen LogP contribution is 2.40. The maximum atomic E-state index is 6.55. The second-order valence-corrected chi connectivity index (χ2v) is 5.41. The number of fused-ring (bicyclic) bond motifs is 1. The molecule has 1 aliphatic rings. The minimum Gasteiger partial charge on any atom is -0.493 e. The van der Waals surface area contributed by atoms with E-state index in [4.69, 9.17) is 10.5 Å². The summed E-state index contributed by atoms with van der Waals surface area (Å²) in [7, 11) is 0. The average molecular weight is 267 g/mol. The minimum absolute atomic E-state index is 0.0338. The molecule has 1 aliphatic heterocycles. The molecule has 0 aromatic heterocycles. The molecule has 0 saturated carbocycles. The average Bonchev–Trinajstić information content (AvgIpc) is 2.53. The van der Waals surface area contributed by atoms with Crippen LogP contribution in [0.1, 0.15) is 42.0 Å². The van der Waals surface area contributed by atoms with E-state index < -0.39 is 0 Å². The second kappa shape index (κ2) is 5.68. The van der Waals surface area contributed by atoms with Gasteiger partial charge in [-0.15, -0.1) is 0 Å². The van der Waals surface area contributed by atoms with Crippen LogP contribution in [0, 0.1) is 0 Å². The minimum atomic E-state index is 0.0338. The van der Waals surface area contributed by atoms with Gasteiger partial charge in [-0.25, -0.2) is 0 Å². The van der Waals surface area contributed by atoms with Gasteiger partial charge in [0.25, 0.3) is 0 Å². The molecule has 2 atom stereocenters. The molecule has 0 amide bonds. The fraction of sp³-hybridized carbons (Fsp3) is 0.333. The summed E-state index contributed by atoms with van der Waals surface area (Å²) in [6.45, 7) is 2.93. The van der Waals surface area contributed by atoms with Crippen LogP contribution in [0.2, 0.25) is 0 Å². The van der Waals surface area contributed by atoms with Gasteiger partial charge in [0.15, 0.2) is 0 Å². The van der Waals surface area contributed by atoms with Gasteiger partial charge in [-0.05, 0) is 35.6 Å². The molecule has 2 unspecified atom stereocenters. The van der Waals surface area contributed by atoms with Crippen LogP contribution in [0.25, 0.3) is 0 Å². The zero-order valence-electron chi connectivity index (χ0n) is 11.9. The molecule has 0 aliphatic carbocycles. The van der Waals surface area contributed by atoms with Crippen LogP contribution < -0.4 is 10.5 Å². The summed E-state index contributed by atoms with van der Waals surface area (Å²) in [6.07, 6.45) is 2.03. The van der Waals surface area contributed by atoms with E-state index in [1.165, 1.54) is 16.7 Å². The van der Waals surface area contributed by atoms with Crippen molar-refractivity contribution in [2.24, 2.45) is 5.73 Å². The first-order valence-corrected chi connectivity index (χ1v) is 7.35. The van der Waals surface area contributed by atoms with Crippen molar-refractivity contribution in [2.45, 2.75) is 31.7 Å². The zero-order chi connectivity index (χ0) is 13.9. The molecular formula is C18H21NO. The molecule has 0 bridgehead atoms. The Morgan fingerprint density at radius 1 is 1.20 bits per heavy atom. The summed E-state index contributed by atoms with van der Waals surface area (Å²) in [4.78, 5) is 0. The van der Waals surface area contributed by atoms with Crippen molar-refractivity contribution in [2.75, 3.05) is 6.61 Å². The van der Waals surface area contributed by atoms with Gasteiger partial charge in [0.2, 0.25) is 0 Å². The zero-order valence-corrected chi connectivity index (χ0v) is 11.9. The van der Waals surface area contributed by atoms with Crippen molar-refractivity contribution in [3.63, 3.8) is 0 Å². The Morgan fingerprint density at radius 3 is 2.90 bits per heavy atom. The quantitative estimate of drug-likeness (QED) is 0.917. The summed E-state index contributed by atoms with van der Waals surface area (Å²) in [5.41, 5.74) is 10.4. The van der Waals surface area contributed by atoms with Crippen LogP contribution in [0.4, 0.5) is 0 Å². The highest BCUT2D eigenvalue weighted by atomic mass is 16.5. The first kappa shape index (κ1) is 13.2. The molecule has 3 rings (SSSR count). The lowest BCUT2D eigenvalue weighted by Crippen LogP contribution is -2.25. The van der Waals surface area contributed by atoms with Gasteiger partial charge in [0.1, 0.15) is 5.75 Å². The van der Waals surface area contributed by atoms with Crippen molar-refractivity contribution < 1.29 is 4.74 Å². The van der Waals surface area contributed by atoms with Crippen LogP contribution in [0.3, 0.4) is 0 Å². The SMILES string of the molecule is CCc1cccc(C(N)C2CCOc3ccccc32)c1. The van der Waals surface area contributed by atoms with Crippen LogP contribution >= 0.6 is 0 Å². The number of hydrogen-bond donors (Lipinski definition) is 1. The number of ether oxygens (including phenoxy) is 1. The van der Waals surface area contributed by atoms with Crippen LogP contribution in [-0.4, -0.2) is 6.61 Å². The number of nitrogens with two attached hydrogens (primary N) is 1. The fourth-order valence-electron chi connectivity index (χ4n) is 3.00. The van der Waals surface area contributed by atoms with E-state index in [-0.39, 0.29) is 6.04 Å². The Bertz CT molecular complexity index is 593. The third-order valence-electron chi connectivity index (χ3n) is 4.18. The normalized spacial score (nSPS) is 19.0. The monoisotopic (exact) mass is 267 g/mol. The number of benzene rings is 2. The Morgan fingerprint density at radius 2 is 2.05 bits per heavy atom. The smallest absolute Gasteiger partial charge is 0.122 e. The van der Waals surface area contributed by atoms with E-state index >= 15 is 0 Å². The molecule has 0 radical (unpaired) electrons. The third-order valence-corrected chi connectivity index (χ3v) is 4.18. The largest absolute Gasteiger partial charge is 0.493 e. The lowest BCUT2D eigenvalue weighted by molar-refractivity contribution is 0.255. The van der Waals surface area contributed by atoms with E-state index in [9.17, 15) is 0 Å². The van der Waals surface area contributed by atoms with E-state index in [0.29, 0.717) is 5.92 Å². The Balaban J connectivity index is 1.93. The summed E-state index contributed by atoms with van der Waals surface area (Å²) in [5, 5.41) is 0. The predicted octanol–water partition coefficient (Wildman–Crippen LogP) is 3.82. The number of para-hydroxylation sites is 1. The second-order valence-electron chi connectivity index (χ2n) is 5.41. The molecule has 0 spiro atoms. The molecule has 2 N–H and O–H groups in total. The molecule has 20 heavy (non-hydrogen) atoms. The maximum absolute atomic E-state index is 6.55. The molecule has 2 nitrogen and oxygen atoms in total. The molecule has 2 aromatic carbocycles. The Hall–Kier alpha value is -1.80. The van der Waals surface area contributed by atoms with Gasteiger partial charge in [-0.1, -0.05) is 49.4 Å². The van der Waals surface area contributed by atoms with Gasteiger partial charge in [-0.2, -0.15) is 0 Å². The summed E-state index contributed by atoms with van der Waals surface area (Å²) in [5.74, 6) is 1.33. The van der Waals surface area contributed by atoms with Gasteiger partial charge < -0.3 is 10.5 Å². The van der Waals surface area contributed by atoms with Gasteiger partial charge >= 0.3 is 0 Å². The molecule has 2 aromatic rings. The summed E-state index contributed by atoms with van der Waals surface area (Å²) >= 11 is 0. The van der Waals surface area contributed by atoms with Crippen LogP contribution in [0.15, 0.2) is 48.5 Å². The Labute approximate surface area is 120 Å². The fourth-order valence-corrected chi connectivity index (χ4v) is 3.00. The van der Waals surface area contributed by atoms with Gasteiger partial charge in [-0.3, -0.25) is 0 Å². The van der Waals surface area contributed by atoms with E-state index in [1.54, 1.807) is 0 Å².